The Balaban J connectivity index is 3.58. The van der Waals surface area contributed by atoms with Gasteiger partial charge in [0.15, 0.2) is 0 Å². The maximum atomic E-state index is 13.2. The Kier molecular flexibility index (Phi) is 3.94. The van der Waals surface area contributed by atoms with E-state index in [0.717, 1.165) is 0 Å². The average molecular weight is 252 g/mol. The van der Waals surface area contributed by atoms with E-state index in [9.17, 15) is 13.2 Å². The molecule has 8 heteroatoms. The van der Waals surface area contributed by atoms with Gasteiger partial charge in [-0.1, -0.05) is 0 Å². The van der Waals surface area contributed by atoms with Crippen molar-refractivity contribution >= 4 is 12.5 Å². The Morgan fingerprint density at radius 3 is 1.94 bits per heavy atom. The molecule has 0 aliphatic carbocycles. The lowest BCUT2D eigenvalue weighted by molar-refractivity contribution is -0.210. The van der Waals surface area contributed by atoms with Gasteiger partial charge in [-0.3, -0.25) is 0 Å². The van der Waals surface area contributed by atoms with Gasteiger partial charge in [-0.15, -0.1) is 0 Å². The molecule has 0 bridgehead atoms. The van der Waals surface area contributed by atoms with E-state index < -0.39 is 17.5 Å². The number of hydrogen-bond donors (Lipinski definition) is 3. The molecular formula is C9H7F3O5. The summed E-state index contributed by atoms with van der Waals surface area (Å²) in [6, 6.07) is 1.08. The second-order valence-electron chi connectivity index (χ2n) is 2.95. The lowest BCUT2D eigenvalue weighted by atomic mass is 10.1. The summed E-state index contributed by atoms with van der Waals surface area (Å²) < 4.78 is 38.3. The summed E-state index contributed by atoms with van der Waals surface area (Å²) in [6.45, 7) is 0. The molecule has 1 aromatic carbocycles. The molecule has 0 atom stereocenters. The SMILES string of the molecule is OOC=c1cc(F)c(C(O)(F)F)cc1=COO. The van der Waals surface area contributed by atoms with E-state index in [0.29, 0.717) is 24.7 Å². The highest BCUT2D eigenvalue weighted by Crippen LogP contribution is 2.24. The number of aliphatic hydroxyl groups is 1. The van der Waals surface area contributed by atoms with Crippen molar-refractivity contribution in [2.45, 2.75) is 6.11 Å². The van der Waals surface area contributed by atoms with Crippen LogP contribution in [0.2, 0.25) is 0 Å². The van der Waals surface area contributed by atoms with Gasteiger partial charge in [-0.2, -0.15) is 8.78 Å². The number of hydrogen-bond acceptors (Lipinski definition) is 5. The summed E-state index contributed by atoms with van der Waals surface area (Å²) in [5, 5.41) is 24.3. The van der Waals surface area contributed by atoms with E-state index in [1.54, 1.807) is 0 Å². The molecule has 0 radical (unpaired) electrons. The summed E-state index contributed by atoms with van der Waals surface area (Å²) >= 11 is 0. The predicted molar refractivity (Wildman–Crippen MR) is 48.1 cm³/mol. The first-order valence-electron chi connectivity index (χ1n) is 4.11. The molecule has 0 aromatic heterocycles. The summed E-state index contributed by atoms with van der Waals surface area (Å²) in [5.74, 6) is -1.42. The molecule has 0 amide bonds. The Morgan fingerprint density at radius 1 is 1.06 bits per heavy atom. The van der Waals surface area contributed by atoms with Gasteiger partial charge in [-0.25, -0.2) is 14.9 Å². The topological polar surface area (TPSA) is 79.2 Å². The molecule has 17 heavy (non-hydrogen) atoms. The van der Waals surface area contributed by atoms with Crippen LogP contribution in [0.1, 0.15) is 5.56 Å². The quantitative estimate of drug-likeness (QED) is 0.533. The van der Waals surface area contributed by atoms with Crippen LogP contribution in [0.4, 0.5) is 13.2 Å². The molecule has 94 valence electrons. The maximum Gasteiger partial charge on any atom is 0.383 e. The Morgan fingerprint density at radius 2 is 1.53 bits per heavy atom. The van der Waals surface area contributed by atoms with Crippen LogP contribution in [0, 0.1) is 5.82 Å². The standard InChI is InChI=1S/C9H7F3O5/c10-8-2-6(4-17-15)5(3-16-14)1-7(8)9(11,12)13/h1-4,13-15H. The molecule has 5 nitrogen and oxygen atoms in total. The van der Waals surface area contributed by atoms with E-state index in [1.807, 2.05) is 0 Å². The zero-order valence-corrected chi connectivity index (χ0v) is 8.10. The zero-order chi connectivity index (χ0) is 13.1. The number of benzene rings is 1. The Labute approximate surface area is 92.1 Å². The van der Waals surface area contributed by atoms with Crippen LogP contribution >= 0.6 is 0 Å². The molecule has 3 N–H and O–H groups in total. The van der Waals surface area contributed by atoms with Gasteiger partial charge in [0.1, 0.15) is 18.3 Å². The Hall–Kier alpha value is -1.77. The molecule has 0 spiro atoms. The van der Waals surface area contributed by atoms with Crippen LogP contribution < -0.4 is 10.4 Å². The smallest absolute Gasteiger partial charge is 0.348 e. The van der Waals surface area contributed by atoms with Crippen molar-refractivity contribution in [3.05, 3.63) is 34.0 Å². The number of alkyl halides is 2. The van der Waals surface area contributed by atoms with Crippen molar-refractivity contribution in [1.29, 1.82) is 0 Å². The van der Waals surface area contributed by atoms with Crippen LogP contribution in [0.15, 0.2) is 12.1 Å². The normalized spacial score (nSPS) is 14.0. The summed E-state index contributed by atoms with van der Waals surface area (Å²) in [6.07, 6.45) is -3.19. The third kappa shape index (κ3) is 3.09. The number of halogens is 3. The van der Waals surface area contributed by atoms with Gasteiger partial charge in [0, 0.05) is 10.4 Å². The highest BCUT2D eigenvalue weighted by Gasteiger charge is 2.31. The zero-order valence-electron chi connectivity index (χ0n) is 8.10. The first-order chi connectivity index (χ1) is 7.90. The van der Waals surface area contributed by atoms with Crippen LogP contribution in [-0.4, -0.2) is 15.6 Å². The predicted octanol–water partition coefficient (Wildman–Crippen LogP) is 0.323. The molecular weight excluding hydrogens is 245 g/mol. The van der Waals surface area contributed by atoms with Crippen molar-refractivity contribution < 1.29 is 38.6 Å². The highest BCUT2D eigenvalue weighted by atomic mass is 19.3. The molecule has 0 saturated carbocycles. The monoisotopic (exact) mass is 252 g/mol. The summed E-state index contributed by atoms with van der Waals surface area (Å²) in [4.78, 5) is 7.19. The summed E-state index contributed by atoms with van der Waals surface area (Å²) in [7, 11) is 0. The Bertz CT molecular complexity index is 509. The molecule has 0 unspecified atom stereocenters. The minimum Gasteiger partial charge on any atom is -0.348 e. The minimum absolute atomic E-state index is 0.188. The first kappa shape index (κ1) is 13.3. The molecule has 0 aliphatic rings. The lowest BCUT2D eigenvalue weighted by Crippen LogP contribution is -2.29. The van der Waals surface area contributed by atoms with Gasteiger partial charge in [0.2, 0.25) is 0 Å². The first-order valence-corrected chi connectivity index (χ1v) is 4.11. The van der Waals surface area contributed by atoms with Gasteiger partial charge in [0.05, 0.1) is 5.56 Å². The van der Waals surface area contributed by atoms with Gasteiger partial charge >= 0.3 is 6.11 Å². The molecule has 1 aromatic rings. The third-order valence-corrected chi connectivity index (χ3v) is 1.86. The lowest BCUT2D eigenvalue weighted by Gasteiger charge is -2.09. The molecule has 0 heterocycles. The van der Waals surface area contributed by atoms with E-state index in [4.69, 9.17) is 15.6 Å². The second kappa shape index (κ2) is 5.04. The summed E-state index contributed by atoms with van der Waals surface area (Å²) in [5.41, 5.74) is -1.31. The van der Waals surface area contributed by atoms with E-state index >= 15 is 0 Å². The third-order valence-electron chi connectivity index (χ3n) is 1.86. The number of rotatable bonds is 3. The fourth-order valence-electron chi connectivity index (χ4n) is 1.15. The van der Waals surface area contributed by atoms with Crippen LogP contribution in [-0.2, 0) is 15.9 Å². The highest BCUT2D eigenvalue weighted by molar-refractivity contribution is 5.31. The molecule has 0 fully saturated rings. The van der Waals surface area contributed by atoms with Crippen molar-refractivity contribution in [2.75, 3.05) is 0 Å². The van der Waals surface area contributed by atoms with E-state index in [-0.39, 0.29) is 10.4 Å². The second-order valence-corrected chi connectivity index (χ2v) is 2.95. The van der Waals surface area contributed by atoms with Crippen molar-refractivity contribution in [2.24, 2.45) is 0 Å². The van der Waals surface area contributed by atoms with Crippen molar-refractivity contribution in [3.63, 3.8) is 0 Å². The molecule has 0 aliphatic heterocycles. The van der Waals surface area contributed by atoms with Gasteiger partial charge < -0.3 is 14.9 Å². The van der Waals surface area contributed by atoms with Gasteiger partial charge in [0.25, 0.3) is 0 Å². The van der Waals surface area contributed by atoms with E-state index in [2.05, 4.69) is 9.78 Å². The minimum atomic E-state index is -4.39. The largest absolute Gasteiger partial charge is 0.383 e. The van der Waals surface area contributed by atoms with Crippen LogP contribution in [0.3, 0.4) is 0 Å². The van der Waals surface area contributed by atoms with Crippen molar-refractivity contribution in [1.82, 2.24) is 0 Å². The van der Waals surface area contributed by atoms with Crippen LogP contribution in [0.5, 0.6) is 0 Å². The maximum absolute atomic E-state index is 13.2. The molecule has 0 saturated heterocycles. The fourth-order valence-corrected chi connectivity index (χ4v) is 1.15. The van der Waals surface area contributed by atoms with Crippen LogP contribution in [0.25, 0.3) is 12.5 Å². The van der Waals surface area contributed by atoms with Gasteiger partial charge in [-0.05, 0) is 12.1 Å². The van der Waals surface area contributed by atoms with Crippen molar-refractivity contribution in [3.8, 4) is 0 Å². The fraction of sp³-hybridized carbons (Fsp3) is 0.111. The van der Waals surface area contributed by atoms with E-state index in [1.165, 1.54) is 0 Å². The molecule has 1 rings (SSSR count). The average Bonchev–Trinajstić information content (AvgIpc) is 2.20.